The van der Waals surface area contributed by atoms with Crippen LogP contribution in [0.15, 0.2) is 62.6 Å². The zero-order chi connectivity index (χ0) is 17.9. The Morgan fingerprint density at radius 1 is 1.04 bits per heavy atom. The van der Waals surface area contributed by atoms with Gasteiger partial charge in [0, 0.05) is 4.47 Å². The molecular formula is C16H11BrN6O2S. The SMILES string of the molecule is Oc1ccc(-n2nnnc2SCc2nnc(-c3ccccc3Br)o2)cc1. The van der Waals surface area contributed by atoms with Gasteiger partial charge < -0.3 is 9.52 Å². The zero-order valence-corrected chi connectivity index (χ0v) is 15.6. The number of aromatic hydroxyl groups is 1. The van der Waals surface area contributed by atoms with Crippen LogP contribution in [0.2, 0.25) is 0 Å². The van der Waals surface area contributed by atoms with Crippen molar-refractivity contribution in [1.82, 2.24) is 30.4 Å². The third kappa shape index (κ3) is 3.46. The number of phenols is 1. The van der Waals surface area contributed by atoms with Crippen LogP contribution in [-0.4, -0.2) is 35.5 Å². The molecule has 10 heteroatoms. The van der Waals surface area contributed by atoms with Crippen molar-refractivity contribution in [1.29, 1.82) is 0 Å². The molecule has 0 aliphatic heterocycles. The van der Waals surface area contributed by atoms with E-state index < -0.39 is 0 Å². The maximum absolute atomic E-state index is 9.39. The van der Waals surface area contributed by atoms with Crippen molar-refractivity contribution in [3.8, 4) is 22.9 Å². The van der Waals surface area contributed by atoms with Crippen LogP contribution in [0.5, 0.6) is 5.75 Å². The lowest BCUT2D eigenvalue weighted by molar-refractivity contribution is 0.475. The molecule has 2 aromatic heterocycles. The third-order valence-corrected chi connectivity index (χ3v) is 5.03. The minimum atomic E-state index is 0.182. The third-order valence-electron chi connectivity index (χ3n) is 3.43. The molecule has 130 valence electrons. The van der Waals surface area contributed by atoms with Gasteiger partial charge in [0.05, 0.1) is 17.0 Å². The highest BCUT2D eigenvalue weighted by Crippen LogP contribution is 2.28. The Labute approximate surface area is 160 Å². The van der Waals surface area contributed by atoms with Crippen molar-refractivity contribution < 1.29 is 9.52 Å². The summed E-state index contributed by atoms with van der Waals surface area (Å²) in [4.78, 5) is 0. The summed E-state index contributed by atoms with van der Waals surface area (Å²) in [6, 6.07) is 14.3. The topological polar surface area (TPSA) is 103 Å². The van der Waals surface area contributed by atoms with Crippen LogP contribution in [0.25, 0.3) is 17.1 Å². The standard InChI is InChI=1S/C16H11BrN6O2S/c17-13-4-2-1-3-12(13)15-19-18-14(25-15)9-26-16-20-21-22-23(16)10-5-7-11(24)8-6-10/h1-8,24H,9H2. The fraction of sp³-hybridized carbons (Fsp3) is 0.0625. The molecule has 0 radical (unpaired) electrons. The summed E-state index contributed by atoms with van der Waals surface area (Å²) in [6.45, 7) is 0. The highest BCUT2D eigenvalue weighted by atomic mass is 79.9. The van der Waals surface area contributed by atoms with Gasteiger partial charge in [-0.3, -0.25) is 0 Å². The summed E-state index contributed by atoms with van der Waals surface area (Å²) in [5, 5.41) is 29.8. The van der Waals surface area contributed by atoms with E-state index >= 15 is 0 Å². The van der Waals surface area contributed by atoms with E-state index in [1.165, 1.54) is 11.8 Å². The van der Waals surface area contributed by atoms with Gasteiger partial charge in [0.2, 0.25) is 16.9 Å². The first-order valence-corrected chi connectivity index (χ1v) is 9.26. The Morgan fingerprint density at radius 2 is 1.85 bits per heavy atom. The number of aromatic nitrogens is 6. The number of halogens is 1. The van der Waals surface area contributed by atoms with Gasteiger partial charge in [-0.2, -0.15) is 4.68 Å². The predicted molar refractivity (Wildman–Crippen MR) is 97.8 cm³/mol. The number of thioether (sulfide) groups is 1. The Kier molecular flexibility index (Phi) is 4.67. The minimum absolute atomic E-state index is 0.182. The van der Waals surface area contributed by atoms with Crippen molar-refractivity contribution in [2.75, 3.05) is 0 Å². The molecule has 2 heterocycles. The van der Waals surface area contributed by atoms with Gasteiger partial charge >= 0.3 is 0 Å². The van der Waals surface area contributed by atoms with Gasteiger partial charge in [0.1, 0.15) is 5.75 Å². The maximum atomic E-state index is 9.39. The molecule has 0 saturated carbocycles. The lowest BCUT2D eigenvalue weighted by Gasteiger charge is -2.03. The van der Waals surface area contributed by atoms with Gasteiger partial charge in [-0.1, -0.05) is 23.9 Å². The average Bonchev–Trinajstić information content (AvgIpc) is 3.30. The molecule has 0 spiro atoms. The molecule has 0 unspecified atom stereocenters. The number of hydrogen-bond acceptors (Lipinski definition) is 8. The van der Waals surface area contributed by atoms with E-state index in [1.807, 2.05) is 24.3 Å². The van der Waals surface area contributed by atoms with E-state index in [1.54, 1.807) is 28.9 Å². The van der Waals surface area contributed by atoms with Crippen LogP contribution >= 0.6 is 27.7 Å². The van der Waals surface area contributed by atoms with E-state index in [2.05, 4.69) is 41.7 Å². The van der Waals surface area contributed by atoms with E-state index in [9.17, 15) is 5.11 Å². The Hall–Kier alpha value is -2.72. The molecule has 0 saturated heterocycles. The molecule has 4 rings (SSSR count). The second-order valence-corrected chi connectivity index (χ2v) is 6.96. The Bertz CT molecular complexity index is 1030. The number of rotatable bonds is 5. The predicted octanol–water partition coefficient (Wildman–Crippen LogP) is 3.47. The van der Waals surface area contributed by atoms with Gasteiger partial charge in [-0.05, 0) is 62.8 Å². The van der Waals surface area contributed by atoms with E-state index in [4.69, 9.17) is 4.42 Å². The first-order chi connectivity index (χ1) is 12.7. The number of tetrazole rings is 1. The second-order valence-electron chi connectivity index (χ2n) is 5.16. The van der Waals surface area contributed by atoms with Crippen molar-refractivity contribution in [2.45, 2.75) is 10.9 Å². The fourth-order valence-electron chi connectivity index (χ4n) is 2.21. The van der Waals surface area contributed by atoms with Gasteiger partial charge in [-0.25, -0.2) is 0 Å². The van der Waals surface area contributed by atoms with Crippen LogP contribution in [0, 0.1) is 0 Å². The van der Waals surface area contributed by atoms with Gasteiger partial charge in [-0.15, -0.1) is 15.3 Å². The van der Waals surface area contributed by atoms with Crippen LogP contribution in [-0.2, 0) is 5.75 Å². The van der Waals surface area contributed by atoms with Crippen LogP contribution in [0.1, 0.15) is 5.89 Å². The molecular weight excluding hydrogens is 420 g/mol. The summed E-state index contributed by atoms with van der Waals surface area (Å²) < 4.78 is 8.19. The number of benzene rings is 2. The highest BCUT2D eigenvalue weighted by Gasteiger charge is 2.14. The first-order valence-electron chi connectivity index (χ1n) is 7.48. The summed E-state index contributed by atoms with van der Waals surface area (Å²) in [6.07, 6.45) is 0. The maximum Gasteiger partial charge on any atom is 0.248 e. The second kappa shape index (κ2) is 7.26. The average molecular weight is 431 g/mol. The minimum Gasteiger partial charge on any atom is -0.508 e. The summed E-state index contributed by atoms with van der Waals surface area (Å²) in [5.41, 5.74) is 1.58. The monoisotopic (exact) mass is 430 g/mol. The molecule has 2 aromatic carbocycles. The molecule has 0 atom stereocenters. The fourth-order valence-corrected chi connectivity index (χ4v) is 3.39. The smallest absolute Gasteiger partial charge is 0.248 e. The number of phenolic OH excluding ortho intramolecular Hbond substituents is 1. The van der Waals surface area contributed by atoms with Crippen LogP contribution < -0.4 is 0 Å². The normalized spacial score (nSPS) is 11.0. The van der Waals surface area contributed by atoms with Crippen LogP contribution in [0.3, 0.4) is 0 Å². The number of hydrogen-bond donors (Lipinski definition) is 1. The van der Waals surface area contributed by atoms with Crippen molar-refractivity contribution in [3.63, 3.8) is 0 Å². The van der Waals surface area contributed by atoms with Crippen molar-refractivity contribution in [3.05, 3.63) is 58.9 Å². The van der Waals surface area contributed by atoms with Crippen molar-refractivity contribution >= 4 is 27.7 Å². The van der Waals surface area contributed by atoms with Crippen LogP contribution in [0.4, 0.5) is 0 Å². The highest BCUT2D eigenvalue weighted by molar-refractivity contribution is 9.10. The molecule has 1 N–H and O–H groups in total. The summed E-state index contributed by atoms with van der Waals surface area (Å²) in [7, 11) is 0. The van der Waals surface area contributed by atoms with Gasteiger partial charge in [0.15, 0.2) is 0 Å². The summed E-state index contributed by atoms with van der Waals surface area (Å²) in [5.74, 6) is 1.53. The molecule has 26 heavy (non-hydrogen) atoms. The molecule has 0 amide bonds. The molecule has 8 nitrogen and oxygen atoms in total. The first kappa shape index (κ1) is 16.7. The van der Waals surface area contributed by atoms with E-state index in [0.29, 0.717) is 22.7 Å². The zero-order valence-electron chi connectivity index (χ0n) is 13.2. The van der Waals surface area contributed by atoms with E-state index in [0.717, 1.165) is 15.7 Å². The molecule has 4 aromatic rings. The van der Waals surface area contributed by atoms with Gasteiger partial charge in [0.25, 0.3) is 0 Å². The molecule has 0 aliphatic carbocycles. The quantitative estimate of drug-likeness (QED) is 0.480. The lowest BCUT2D eigenvalue weighted by Crippen LogP contribution is -1.98. The van der Waals surface area contributed by atoms with Crippen molar-refractivity contribution in [2.24, 2.45) is 0 Å². The number of nitrogens with zero attached hydrogens (tertiary/aromatic N) is 6. The largest absolute Gasteiger partial charge is 0.508 e. The Morgan fingerprint density at radius 3 is 2.65 bits per heavy atom. The molecule has 0 bridgehead atoms. The summed E-state index contributed by atoms with van der Waals surface area (Å²) >= 11 is 4.85. The lowest BCUT2D eigenvalue weighted by atomic mass is 10.2. The van der Waals surface area contributed by atoms with E-state index in [-0.39, 0.29) is 5.75 Å². The molecule has 0 fully saturated rings. The Balaban J connectivity index is 1.50. The molecule has 0 aliphatic rings.